The van der Waals surface area contributed by atoms with Gasteiger partial charge in [0.2, 0.25) is 0 Å². The van der Waals surface area contributed by atoms with Gasteiger partial charge in [0.15, 0.2) is 0 Å². The van der Waals surface area contributed by atoms with Gasteiger partial charge in [0.25, 0.3) is 11.8 Å². The molecule has 3 aromatic heterocycles. The Kier molecular flexibility index (Phi) is 4.93. The van der Waals surface area contributed by atoms with Crippen molar-refractivity contribution in [1.82, 2.24) is 15.3 Å². The monoisotopic (exact) mass is 378 g/mol. The molecular formula is C20H18N4O2S. The maximum atomic E-state index is 12.7. The lowest BCUT2D eigenvalue weighted by molar-refractivity contribution is 0.0955. The fourth-order valence-electron chi connectivity index (χ4n) is 3.07. The van der Waals surface area contributed by atoms with Crippen LogP contribution in [0.1, 0.15) is 30.6 Å². The Bertz CT molecular complexity index is 957. The van der Waals surface area contributed by atoms with E-state index in [0.29, 0.717) is 30.0 Å². The van der Waals surface area contributed by atoms with Crippen molar-refractivity contribution in [1.29, 1.82) is 0 Å². The number of nitrogens with one attached hydrogen (secondary N) is 1. The van der Waals surface area contributed by atoms with Crippen LogP contribution < -0.4 is 10.2 Å². The average Bonchev–Trinajstić information content (AvgIpc) is 3.30. The molecule has 0 unspecified atom stereocenters. The van der Waals surface area contributed by atoms with Crippen LogP contribution in [-0.4, -0.2) is 34.9 Å². The molecule has 4 heterocycles. The zero-order valence-corrected chi connectivity index (χ0v) is 15.4. The lowest BCUT2D eigenvalue weighted by atomic mass is 10.2. The van der Waals surface area contributed by atoms with Crippen molar-refractivity contribution in [3.8, 4) is 0 Å². The van der Waals surface area contributed by atoms with Gasteiger partial charge in [-0.05, 0) is 30.3 Å². The quantitative estimate of drug-likeness (QED) is 0.741. The molecule has 0 saturated carbocycles. The average molecular weight is 378 g/mol. The fraction of sp³-hybridized carbons (Fsp3) is 0.200. The highest BCUT2D eigenvalue weighted by molar-refractivity contribution is 7.14. The molecule has 0 radical (unpaired) electrons. The van der Waals surface area contributed by atoms with Crippen LogP contribution in [-0.2, 0) is 12.8 Å². The SMILES string of the molecule is O=C(NCCc1ccccn1)c1cc2c(s1)CCN2C(=O)c1cccnc1. The minimum atomic E-state index is -0.112. The zero-order chi connectivity index (χ0) is 18.6. The summed E-state index contributed by atoms with van der Waals surface area (Å²) in [5.41, 5.74) is 2.33. The minimum absolute atomic E-state index is 0.0817. The Labute approximate surface area is 160 Å². The Hall–Kier alpha value is -3.06. The molecule has 1 aliphatic rings. The first-order chi connectivity index (χ1) is 13.2. The van der Waals surface area contributed by atoms with Gasteiger partial charge in [-0.3, -0.25) is 19.6 Å². The third-order valence-corrected chi connectivity index (χ3v) is 5.59. The summed E-state index contributed by atoms with van der Waals surface area (Å²) in [6.45, 7) is 1.16. The summed E-state index contributed by atoms with van der Waals surface area (Å²) >= 11 is 1.46. The molecule has 0 bridgehead atoms. The number of rotatable bonds is 5. The summed E-state index contributed by atoms with van der Waals surface area (Å²) in [5.74, 6) is -0.194. The summed E-state index contributed by atoms with van der Waals surface area (Å²) < 4.78 is 0. The van der Waals surface area contributed by atoms with Crippen molar-refractivity contribution in [2.45, 2.75) is 12.8 Å². The Morgan fingerprint density at radius 3 is 2.89 bits per heavy atom. The molecule has 2 amide bonds. The van der Waals surface area contributed by atoms with Gasteiger partial charge < -0.3 is 10.2 Å². The van der Waals surface area contributed by atoms with Gasteiger partial charge in [-0.2, -0.15) is 0 Å². The van der Waals surface area contributed by atoms with E-state index in [1.165, 1.54) is 11.3 Å². The Balaban J connectivity index is 1.41. The van der Waals surface area contributed by atoms with E-state index in [4.69, 9.17) is 0 Å². The second-order valence-corrected chi connectivity index (χ2v) is 7.33. The predicted octanol–water partition coefficient (Wildman–Crippen LogP) is 2.71. The maximum absolute atomic E-state index is 12.7. The highest BCUT2D eigenvalue weighted by Crippen LogP contribution is 2.36. The normalized spacial score (nSPS) is 12.7. The predicted molar refractivity (Wildman–Crippen MR) is 104 cm³/mol. The summed E-state index contributed by atoms with van der Waals surface area (Å²) in [6.07, 6.45) is 6.41. The molecule has 3 aromatic rings. The molecule has 7 heteroatoms. The van der Waals surface area contributed by atoms with E-state index in [1.54, 1.807) is 35.6 Å². The van der Waals surface area contributed by atoms with Gasteiger partial charge in [0.1, 0.15) is 0 Å². The first-order valence-electron chi connectivity index (χ1n) is 8.75. The molecule has 6 nitrogen and oxygen atoms in total. The van der Waals surface area contributed by atoms with E-state index in [1.807, 2.05) is 24.3 Å². The van der Waals surface area contributed by atoms with Gasteiger partial charge >= 0.3 is 0 Å². The molecule has 1 N–H and O–H groups in total. The zero-order valence-electron chi connectivity index (χ0n) is 14.6. The molecule has 0 spiro atoms. The van der Waals surface area contributed by atoms with Crippen molar-refractivity contribution in [2.75, 3.05) is 18.0 Å². The number of carbonyl (C=O) groups is 2. The molecule has 1 aliphatic heterocycles. The highest BCUT2D eigenvalue weighted by atomic mass is 32.1. The van der Waals surface area contributed by atoms with Crippen LogP contribution >= 0.6 is 11.3 Å². The highest BCUT2D eigenvalue weighted by Gasteiger charge is 2.29. The van der Waals surface area contributed by atoms with Crippen LogP contribution in [0.15, 0.2) is 55.0 Å². The van der Waals surface area contributed by atoms with Crippen molar-refractivity contribution in [3.63, 3.8) is 0 Å². The number of carbonyl (C=O) groups excluding carboxylic acids is 2. The number of hydrogen-bond donors (Lipinski definition) is 1. The first-order valence-corrected chi connectivity index (χ1v) is 9.57. The first kappa shape index (κ1) is 17.4. The molecular weight excluding hydrogens is 360 g/mol. The third-order valence-electron chi connectivity index (χ3n) is 4.41. The van der Waals surface area contributed by atoms with E-state index < -0.39 is 0 Å². The van der Waals surface area contributed by atoms with Crippen LogP contribution in [0.4, 0.5) is 5.69 Å². The van der Waals surface area contributed by atoms with E-state index in [2.05, 4.69) is 15.3 Å². The number of hydrogen-bond acceptors (Lipinski definition) is 5. The Morgan fingerprint density at radius 2 is 2.11 bits per heavy atom. The van der Waals surface area contributed by atoms with Crippen LogP contribution in [0.5, 0.6) is 0 Å². The summed E-state index contributed by atoms with van der Waals surface area (Å²) in [4.78, 5) is 36.8. The van der Waals surface area contributed by atoms with E-state index in [-0.39, 0.29) is 11.8 Å². The fourth-order valence-corrected chi connectivity index (χ4v) is 4.13. The van der Waals surface area contributed by atoms with Gasteiger partial charge in [0.05, 0.1) is 16.1 Å². The molecule has 0 atom stereocenters. The second kappa shape index (κ2) is 7.67. The van der Waals surface area contributed by atoms with Crippen molar-refractivity contribution in [3.05, 3.63) is 76.0 Å². The largest absolute Gasteiger partial charge is 0.351 e. The summed E-state index contributed by atoms with van der Waals surface area (Å²) in [5, 5.41) is 2.93. The third kappa shape index (κ3) is 3.73. The van der Waals surface area contributed by atoms with Crippen molar-refractivity contribution < 1.29 is 9.59 Å². The van der Waals surface area contributed by atoms with Crippen molar-refractivity contribution >= 4 is 28.8 Å². The molecule has 0 saturated heterocycles. The van der Waals surface area contributed by atoms with E-state index in [9.17, 15) is 9.59 Å². The van der Waals surface area contributed by atoms with Crippen LogP contribution in [0.2, 0.25) is 0 Å². The van der Waals surface area contributed by atoms with Crippen LogP contribution in [0.25, 0.3) is 0 Å². The second-order valence-electron chi connectivity index (χ2n) is 6.19. The molecule has 0 fully saturated rings. The van der Waals surface area contributed by atoms with Crippen molar-refractivity contribution in [2.24, 2.45) is 0 Å². The van der Waals surface area contributed by atoms with Crippen LogP contribution in [0.3, 0.4) is 0 Å². The molecule has 4 rings (SSSR count). The lowest BCUT2D eigenvalue weighted by Crippen LogP contribution is -2.29. The van der Waals surface area contributed by atoms with Gasteiger partial charge in [-0.1, -0.05) is 6.07 Å². The molecule has 0 aromatic carbocycles. The standard InChI is InChI=1S/C20H18N4O2S/c25-19(23-10-6-15-5-1-2-9-22-15)18-12-16-17(27-18)7-11-24(16)20(26)14-4-3-8-21-13-14/h1-5,8-9,12-13H,6-7,10-11H2,(H,23,25). The van der Waals surface area contributed by atoms with Gasteiger partial charge in [-0.15, -0.1) is 11.3 Å². The number of nitrogens with zero attached hydrogens (tertiary/aromatic N) is 3. The topological polar surface area (TPSA) is 75.2 Å². The van der Waals surface area contributed by atoms with E-state index in [0.717, 1.165) is 22.7 Å². The molecule has 136 valence electrons. The van der Waals surface area contributed by atoms with Gasteiger partial charge in [0, 0.05) is 55.1 Å². The maximum Gasteiger partial charge on any atom is 0.261 e. The lowest BCUT2D eigenvalue weighted by Gasteiger charge is -2.15. The Morgan fingerprint density at radius 1 is 1.19 bits per heavy atom. The van der Waals surface area contributed by atoms with Gasteiger partial charge in [-0.25, -0.2) is 0 Å². The number of anilines is 1. The number of aromatic nitrogens is 2. The minimum Gasteiger partial charge on any atom is -0.351 e. The molecule has 0 aliphatic carbocycles. The number of pyridine rings is 2. The number of thiophene rings is 1. The number of fused-ring (bicyclic) bond motifs is 1. The molecule has 27 heavy (non-hydrogen) atoms. The summed E-state index contributed by atoms with van der Waals surface area (Å²) in [6, 6.07) is 11.1. The smallest absolute Gasteiger partial charge is 0.261 e. The van der Waals surface area contributed by atoms with Crippen LogP contribution in [0, 0.1) is 0 Å². The van der Waals surface area contributed by atoms with E-state index >= 15 is 0 Å². The number of amides is 2. The summed E-state index contributed by atoms with van der Waals surface area (Å²) in [7, 11) is 0.